The van der Waals surface area contributed by atoms with Crippen molar-refractivity contribution in [3.05, 3.63) is 34.3 Å². The van der Waals surface area contributed by atoms with Gasteiger partial charge in [-0.1, -0.05) is 6.07 Å². The van der Waals surface area contributed by atoms with Crippen molar-refractivity contribution < 1.29 is 9.52 Å². The second-order valence-electron chi connectivity index (χ2n) is 4.34. The van der Waals surface area contributed by atoms with Gasteiger partial charge in [0.15, 0.2) is 5.58 Å². The Morgan fingerprint density at radius 1 is 1.39 bits per heavy atom. The fraction of sp³-hybridized carbons (Fsp3) is 0.462. The SMILES string of the molecule is Cn1c(=O)oc2ccc(CNCCCCO)cc21. The lowest BCUT2D eigenvalue weighted by atomic mass is 10.2. The second-order valence-corrected chi connectivity index (χ2v) is 4.34. The minimum atomic E-state index is -0.335. The zero-order chi connectivity index (χ0) is 13.0. The summed E-state index contributed by atoms with van der Waals surface area (Å²) in [6.45, 7) is 1.87. The standard InChI is InChI=1S/C13H18N2O3/c1-15-11-8-10(9-14-6-2-3-7-16)4-5-12(11)18-13(15)17/h4-5,8,14,16H,2-3,6-7,9H2,1H3. The molecule has 2 N–H and O–H groups in total. The van der Waals surface area contributed by atoms with Crippen LogP contribution >= 0.6 is 0 Å². The maximum Gasteiger partial charge on any atom is 0.419 e. The van der Waals surface area contributed by atoms with E-state index < -0.39 is 0 Å². The van der Waals surface area contributed by atoms with Gasteiger partial charge in [0, 0.05) is 20.2 Å². The van der Waals surface area contributed by atoms with Crippen LogP contribution in [0.5, 0.6) is 0 Å². The van der Waals surface area contributed by atoms with Crippen LogP contribution in [0.3, 0.4) is 0 Å². The molecule has 0 radical (unpaired) electrons. The first kappa shape index (κ1) is 12.9. The molecule has 0 spiro atoms. The van der Waals surface area contributed by atoms with Gasteiger partial charge in [0.2, 0.25) is 0 Å². The van der Waals surface area contributed by atoms with E-state index in [4.69, 9.17) is 9.52 Å². The Morgan fingerprint density at radius 2 is 2.22 bits per heavy atom. The first-order valence-electron chi connectivity index (χ1n) is 6.12. The molecule has 18 heavy (non-hydrogen) atoms. The molecule has 0 aliphatic rings. The number of nitrogens with one attached hydrogen (secondary N) is 1. The summed E-state index contributed by atoms with van der Waals surface area (Å²) in [6.07, 6.45) is 1.78. The third kappa shape index (κ3) is 2.80. The van der Waals surface area contributed by atoms with Gasteiger partial charge < -0.3 is 14.8 Å². The monoisotopic (exact) mass is 250 g/mol. The quantitative estimate of drug-likeness (QED) is 0.750. The third-order valence-electron chi connectivity index (χ3n) is 2.95. The van der Waals surface area contributed by atoms with Crippen molar-refractivity contribution in [2.75, 3.05) is 13.2 Å². The largest absolute Gasteiger partial charge is 0.419 e. The maximum atomic E-state index is 11.3. The summed E-state index contributed by atoms with van der Waals surface area (Å²) in [7, 11) is 1.70. The minimum absolute atomic E-state index is 0.241. The molecule has 1 heterocycles. The van der Waals surface area contributed by atoms with Gasteiger partial charge in [0.25, 0.3) is 0 Å². The summed E-state index contributed by atoms with van der Waals surface area (Å²) in [5.74, 6) is -0.335. The van der Waals surface area contributed by atoms with Crippen LogP contribution in [-0.4, -0.2) is 22.8 Å². The summed E-state index contributed by atoms with van der Waals surface area (Å²) in [4.78, 5) is 11.3. The Labute approximate surface area is 105 Å². The minimum Gasteiger partial charge on any atom is -0.408 e. The topological polar surface area (TPSA) is 67.4 Å². The Morgan fingerprint density at radius 3 is 3.00 bits per heavy atom. The van der Waals surface area contributed by atoms with Crippen molar-refractivity contribution in [3.8, 4) is 0 Å². The molecule has 2 rings (SSSR count). The van der Waals surface area contributed by atoms with Crippen molar-refractivity contribution in [2.24, 2.45) is 7.05 Å². The maximum absolute atomic E-state index is 11.3. The van der Waals surface area contributed by atoms with Gasteiger partial charge >= 0.3 is 5.76 Å². The molecule has 0 aliphatic carbocycles. The first-order valence-corrected chi connectivity index (χ1v) is 6.12. The van der Waals surface area contributed by atoms with Crippen LogP contribution in [-0.2, 0) is 13.6 Å². The summed E-state index contributed by atoms with van der Waals surface area (Å²) in [5.41, 5.74) is 2.55. The van der Waals surface area contributed by atoms with Crippen molar-refractivity contribution in [2.45, 2.75) is 19.4 Å². The van der Waals surface area contributed by atoms with E-state index in [1.165, 1.54) is 4.57 Å². The first-order chi connectivity index (χ1) is 8.72. The van der Waals surface area contributed by atoms with Crippen LogP contribution in [0.15, 0.2) is 27.4 Å². The van der Waals surface area contributed by atoms with E-state index in [9.17, 15) is 4.79 Å². The molecule has 5 heteroatoms. The van der Waals surface area contributed by atoms with Gasteiger partial charge in [0.05, 0.1) is 5.52 Å². The smallest absolute Gasteiger partial charge is 0.408 e. The molecule has 1 aromatic carbocycles. The second kappa shape index (κ2) is 5.84. The third-order valence-corrected chi connectivity index (χ3v) is 2.95. The van der Waals surface area contributed by atoms with Crippen LogP contribution < -0.4 is 11.1 Å². The Hall–Kier alpha value is -1.59. The highest BCUT2D eigenvalue weighted by Crippen LogP contribution is 2.14. The van der Waals surface area contributed by atoms with Crippen molar-refractivity contribution >= 4 is 11.1 Å². The number of rotatable bonds is 6. The van der Waals surface area contributed by atoms with E-state index in [0.29, 0.717) is 5.58 Å². The number of hydrogen-bond acceptors (Lipinski definition) is 4. The van der Waals surface area contributed by atoms with Gasteiger partial charge in [0.1, 0.15) is 0 Å². The molecule has 0 bridgehead atoms. The number of unbranched alkanes of at least 4 members (excludes halogenated alkanes) is 1. The number of benzene rings is 1. The van der Waals surface area contributed by atoms with E-state index in [1.54, 1.807) is 7.05 Å². The molecule has 0 unspecified atom stereocenters. The molecule has 2 aromatic rings. The van der Waals surface area contributed by atoms with Gasteiger partial charge in [-0.25, -0.2) is 4.79 Å². The molecule has 0 atom stereocenters. The lowest BCUT2D eigenvalue weighted by Gasteiger charge is -2.04. The zero-order valence-corrected chi connectivity index (χ0v) is 10.5. The number of hydrogen-bond donors (Lipinski definition) is 2. The van der Waals surface area contributed by atoms with Gasteiger partial charge in [-0.3, -0.25) is 4.57 Å². The van der Waals surface area contributed by atoms with E-state index in [-0.39, 0.29) is 12.4 Å². The Balaban J connectivity index is 2.01. The highest BCUT2D eigenvalue weighted by molar-refractivity contribution is 5.73. The summed E-state index contributed by atoms with van der Waals surface area (Å²) >= 11 is 0. The van der Waals surface area contributed by atoms with E-state index in [2.05, 4.69) is 5.32 Å². The molecule has 0 amide bonds. The molecular formula is C13H18N2O3. The highest BCUT2D eigenvalue weighted by Gasteiger charge is 2.05. The lowest BCUT2D eigenvalue weighted by Crippen LogP contribution is -2.15. The number of aryl methyl sites for hydroxylation is 1. The van der Waals surface area contributed by atoms with Gasteiger partial charge in [-0.15, -0.1) is 0 Å². The molecule has 1 aromatic heterocycles. The molecule has 0 aliphatic heterocycles. The summed E-state index contributed by atoms with van der Waals surface area (Å²) in [6, 6.07) is 5.73. The van der Waals surface area contributed by atoms with Crippen LogP contribution in [0.1, 0.15) is 18.4 Å². The molecule has 0 saturated carbocycles. The van der Waals surface area contributed by atoms with Crippen LogP contribution in [0.4, 0.5) is 0 Å². The number of oxazole rings is 1. The van der Waals surface area contributed by atoms with Gasteiger partial charge in [-0.2, -0.15) is 0 Å². The molecule has 0 saturated heterocycles. The average Bonchev–Trinajstić information content (AvgIpc) is 2.65. The number of fused-ring (bicyclic) bond motifs is 1. The predicted molar refractivity (Wildman–Crippen MR) is 69.5 cm³/mol. The molecule has 5 nitrogen and oxygen atoms in total. The van der Waals surface area contributed by atoms with Crippen molar-refractivity contribution in [1.29, 1.82) is 0 Å². The number of nitrogens with zero attached hydrogens (tertiary/aromatic N) is 1. The van der Waals surface area contributed by atoms with Crippen LogP contribution in [0.2, 0.25) is 0 Å². The fourth-order valence-corrected chi connectivity index (χ4v) is 1.88. The van der Waals surface area contributed by atoms with E-state index in [0.717, 1.165) is 37.0 Å². The van der Waals surface area contributed by atoms with E-state index >= 15 is 0 Å². The van der Waals surface area contributed by atoms with E-state index in [1.807, 2.05) is 18.2 Å². The summed E-state index contributed by atoms with van der Waals surface area (Å²) in [5, 5.41) is 12.0. The molecular weight excluding hydrogens is 232 g/mol. The average molecular weight is 250 g/mol. The van der Waals surface area contributed by atoms with Crippen molar-refractivity contribution in [3.63, 3.8) is 0 Å². The lowest BCUT2D eigenvalue weighted by molar-refractivity contribution is 0.283. The van der Waals surface area contributed by atoms with Crippen molar-refractivity contribution in [1.82, 2.24) is 9.88 Å². The van der Waals surface area contributed by atoms with Crippen LogP contribution in [0, 0.1) is 0 Å². The number of aliphatic hydroxyl groups excluding tert-OH is 1. The predicted octanol–water partition coefficient (Wildman–Crippen LogP) is 0.994. The highest BCUT2D eigenvalue weighted by atomic mass is 16.4. The van der Waals surface area contributed by atoms with Crippen LogP contribution in [0.25, 0.3) is 11.1 Å². The zero-order valence-electron chi connectivity index (χ0n) is 10.5. The molecule has 0 fully saturated rings. The van der Waals surface area contributed by atoms with Gasteiger partial charge in [-0.05, 0) is 37.1 Å². The Bertz CT molecular complexity index is 571. The molecule has 98 valence electrons. The normalized spacial score (nSPS) is 11.2. The fourth-order valence-electron chi connectivity index (χ4n) is 1.88. The summed E-state index contributed by atoms with van der Waals surface area (Å²) < 4.78 is 6.58. The number of aliphatic hydroxyl groups is 1. The number of aromatic nitrogens is 1. The Kier molecular flexibility index (Phi) is 4.17.